The van der Waals surface area contributed by atoms with Crippen molar-refractivity contribution in [3.8, 4) is 16.9 Å². The number of rotatable bonds is 4. The first-order valence-electron chi connectivity index (χ1n) is 6.32. The molecule has 0 N–H and O–H groups in total. The molecule has 0 fully saturated rings. The quantitative estimate of drug-likeness (QED) is 0.808. The van der Waals surface area contributed by atoms with Crippen LogP contribution in [0.5, 0.6) is 5.75 Å². The lowest BCUT2D eigenvalue weighted by Crippen LogP contribution is -2.06. The lowest BCUT2D eigenvalue weighted by molar-refractivity contribution is 0.0601. The number of hydrogen-bond donors (Lipinski definition) is 0. The molecule has 0 aliphatic rings. The molecule has 2 aromatic rings. The summed E-state index contributed by atoms with van der Waals surface area (Å²) in [6, 6.07) is 3.63. The molecule has 0 amide bonds. The van der Waals surface area contributed by atoms with Crippen molar-refractivity contribution in [3.05, 3.63) is 48.1 Å². The Morgan fingerprint density at radius 2 is 1.95 bits per heavy atom. The van der Waals surface area contributed by atoms with E-state index in [1.54, 1.807) is 19.4 Å². The molecule has 21 heavy (non-hydrogen) atoms. The highest BCUT2D eigenvalue weighted by Crippen LogP contribution is 2.33. The van der Waals surface area contributed by atoms with Gasteiger partial charge in [-0.3, -0.25) is 9.97 Å². The van der Waals surface area contributed by atoms with Gasteiger partial charge in [-0.25, -0.2) is 4.79 Å². The van der Waals surface area contributed by atoms with E-state index >= 15 is 0 Å². The van der Waals surface area contributed by atoms with Crippen LogP contribution in [0.4, 0.5) is 0 Å². The third kappa shape index (κ3) is 2.91. The van der Waals surface area contributed by atoms with Crippen LogP contribution in [0, 0.1) is 6.92 Å². The first kappa shape index (κ1) is 14.7. The predicted molar refractivity (Wildman–Crippen MR) is 80.2 cm³/mol. The number of nitrogens with zero attached hydrogens (tertiary/aromatic N) is 2. The average Bonchev–Trinajstić information content (AvgIpc) is 2.53. The molecule has 0 saturated heterocycles. The summed E-state index contributed by atoms with van der Waals surface area (Å²) in [6.45, 7) is 5.56. The molecule has 2 rings (SSSR count). The normalized spacial score (nSPS) is 10.0. The Labute approximate surface area is 123 Å². The topological polar surface area (TPSA) is 61.3 Å². The Morgan fingerprint density at radius 3 is 2.57 bits per heavy atom. The molecule has 5 heteroatoms. The third-order valence-electron chi connectivity index (χ3n) is 3.05. The molecular weight excluding hydrogens is 268 g/mol. The smallest absolute Gasteiger partial charge is 0.340 e. The Bertz CT molecular complexity index is 696. The van der Waals surface area contributed by atoms with Crippen LogP contribution in [0.2, 0.25) is 0 Å². The number of pyridine rings is 2. The van der Waals surface area contributed by atoms with Crippen molar-refractivity contribution in [1.29, 1.82) is 0 Å². The Morgan fingerprint density at radius 1 is 1.19 bits per heavy atom. The maximum absolute atomic E-state index is 11.9. The molecule has 108 valence electrons. The number of aryl methyl sites for hydroxylation is 1. The lowest BCUT2D eigenvalue weighted by Gasteiger charge is -2.13. The second-order valence-corrected chi connectivity index (χ2v) is 4.38. The van der Waals surface area contributed by atoms with Crippen molar-refractivity contribution in [1.82, 2.24) is 9.97 Å². The van der Waals surface area contributed by atoms with Gasteiger partial charge in [-0.15, -0.1) is 0 Å². The van der Waals surface area contributed by atoms with Gasteiger partial charge in [0.15, 0.2) is 0 Å². The fourth-order valence-corrected chi connectivity index (χ4v) is 2.00. The van der Waals surface area contributed by atoms with Crippen LogP contribution < -0.4 is 4.74 Å². The van der Waals surface area contributed by atoms with Gasteiger partial charge < -0.3 is 9.47 Å². The fraction of sp³-hybridized carbons (Fsp3) is 0.188. The predicted octanol–water partition coefficient (Wildman–Crippen LogP) is 2.89. The summed E-state index contributed by atoms with van der Waals surface area (Å²) in [5.74, 6) is 0.118. The van der Waals surface area contributed by atoms with Crippen LogP contribution in [0.15, 0.2) is 31.1 Å². The van der Waals surface area contributed by atoms with E-state index in [0.29, 0.717) is 22.6 Å². The Kier molecular flexibility index (Phi) is 4.33. The number of hydrogen-bond acceptors (Lipinski definition) is 5. The van der Waals surface area contributed by atoms with Gasteiger partial charge in [-0.1, -0.05) is 6.58 Å². The van der Waals surface area contributed by atoms with Gasteiger partial charge in [0.05, 0.1) is 31.7 Å². The van der Waals surface area contributed by atoms with Gasteiger partial charge >= 0.3 is 5.97 Å². The maximum atomic E-state index is 11.9. The molecular formula is C16H16N2O3. The molecule has 0 aliphatic carbocycles. The van der Waals surface area contributed by atoms with Gasteiger partial charge in [-0.05, 0) is 25.1 Å². The second-order valence-electron chi connectivity index (χ2n) is 4.38. The monoisotopic (exact) mass is 284 g/mol. The number of esters is 1. The zero-order chi connectivity index (χ0) is 15.4. The number of carbonyl (C=O) groups excluding carboxylic acids is 1. The SMILES string of the molecule is C=Cc1cc(-c2cc(C)ncc2C(=O)OC)c(OC)cn1. The van der Waals surface area contributed by atoms with E-state index in [2.05, 4.69) is 16.5 Å². The van der Waals surface area contributed by atoms with Gasteiger partial charge in [0, 0.05) is 23.0 Å². The molecule has 0 aromatic carbocycles. The number of carbonyl (C=O) groups is 1. The minimum Gasteiger partial charge on any atom is -0.494 e. The van der Waals surface area contributed by atoms with Crippen LogP contribution in [0.25, 0.3) is 17.2 Å². The van der Waals surface area contributed by atoms with E-state index in [1.807, 2.05) is 19.1 Å². The molecule has 0 saturated carbocycles. The summed E-state index contributed by atoms with van der Waals surface area (Å²) in [7, 11) is 2.89. The van der Waals surface area contributed by atoms with Crippen LogP contribution in [-0.2, 0) is 4.74 Å². The van der Waals surface area contributed by atoms with Crippen LogP contribution in [0.3, 0.4) is 0 Å². The zero-order valence-electron chi connectivity index (χ0n) is 12.2. The standard InChI is InChI=1S/C16H16N2O3/c1-5-11-7-13(15(20-3)9-18-11)12-6-10(2)17-8-14(12)16(19)21-4/h5-9H,1H2,2-4H3. The minimum atomic E-state index is -0.448. The Balaban J connectivity index is 2.73. The molecule has 2 heterocycles. The number of aromatic nitrogens is 2. The summed E-state index contributed by atoms with van der Waals surface area (Å²) in [4.78, 5) is 20.3. The van der Waals surface area contributed by atoms with Crippen molar-refractivity contribution in [2.75, 3.05) is 14.2 Å². The highest BCUT2D eigenvalue weighted by Gasteiger charge is 2.18. The summed E-state index contributed by atoms with van der Waals surface area (Å²) in [5.41, 5.74) is 3.29. The van der Waals surface area contributed by atoms with Crippen molar-refractivity contribution in [2.24, 2.45) is 0 Å². The molecule has 0 bridgehead atoms. The van der Waals surface area contributed by atoms with E-state index in [-0.39, 0.29) is 0 Å². The highest BCUT2D eigenvalue weighted by molar-refractivity contribution is 5.98. The zero-order valence-corrected chi connectivity index (χ0v) is 12.2. The summed E-state index contributed by atoms with van der Waals surface area (Å²) >= 11 is 0. The molecule has 0 unspecified atom stereocenters. The number of methoxy groups -OCH3 is 2. The van der Waals surface area contributed by atoms with Gasteiger partial charge in [0.1, 0.15) is 5.75 Å². The van der Waals surface area contributed by atoms with E-state index in [4.69, 9.17) is 9.47 Å². The van der Waals surface area contributed by atoms with Gasteiger partial charge in [0.2, 0.25) is 0 Å². The first-order chi connectivity index (χ1) is 10.1. The van der Waals surface area contributed by atoms with Crippen molar-refractivity contribution < 1.29 is 14.3 Å². The molecule has 0 aliphatic heterocycles. The average molecular weight is 284 g/mol. The summed E-state index contributed by atoms with van der Waals surface area (Å²) in [6.07, 6.45) is 4.74. The van der Waals surface area contributed by atoms with Crippen molar-refractivity contribution >= 4 is 12.0 Å². The highest BCUT2D eigenvalue weighted by atomic mass is 16.5. The lowest BCUT2D eigenvalue weighted by atomic mass is 10.00. The van der Waals surface area contributed by atoms with Crippen LogP contribution in [-0.4, -0.2) is 30.2 Å². The Hall–Kier alpha value is -2.69. The summed E-state index contributed by atoms with van der Waals surface area (Å²) < 4.78 is 10.2. The van der Waals surface area contributed by atoms with E-state index in [1.165, 1.54) is 13.3 Å². The number of ether oxygens (including phenoxy) is 2. The van der Waals surface area contributed by atoms with E-state index < -0.39 is 5.97 Å². The van der Waals surface area contributed by atoms with Gasteiger partial charge in [-0.2, -0.15) is 0 Å². The maximum Gasteiger partial charge on any atom is 0.340 e. The minimum absolute atomic E-state index is 0.377. The molecule has 0 radical (unpaired) electrons. The molecule has 2 aromatic heterocycles. The van der Waals surface area contributed by atoms with Crippen LogP contribution >= 0.6 is 0 Å². The first-order valence-corrected chi connectivity index (χ1v) is 6.32. The molecule has 0 spiro atoms. The van der Waals surface area contributed by atoms with E-state index in [9.17, 15) is 4.79 Å². The largest absolute Gasteiger partial charge is 0.494 e. The molecule has 5 nitrogen and oxygen atoms in total. The van der Waals surface area contributed by atoms with Crippen molar-refractivity contribution in [2.45, 2.75) is 6.92 Å². The summed E-state index contributed by atoms with van der Waals surface area (Å²) in [5, 5.41) is 0. The van der Waals surface area contributed by atoms with Gasteiger partial charge in [0.25, 0.3) is 0 Å². The van der Waals surface area contributed by atoms with Crippen LogP contribution in [0.1, 0.15) is 21.7 Å². The third-order valence-corrected chi connectivity index (χ3v) is 3.05. The second kappa shape index (κ2) is 6.17. The molecule has 0 atom stereocenters. The van der Waals surface area contributed by atoms with Crippen molar-refractivity contribution in [3.63, 3.8) is 0 Å². The van der Waals surface area contributed by atoms with E-state index in [0.717, 1.165) is 11.3 Å². The fourth-order valence-electron chi connectivity index (χ4n) is 2.00.